The number of nitrogens with zero attached hydrogens (tertiary/aromatic N) is 3. The van der Waals surface area contributed by atoms with Crippen LogP contribution in [0.25, 0.3) is 0 Å². The van der Waals surface area contributed by atoms with Crippen molar-refractivity contribution in [2.24, 2.45) is 0 Å². The standard InChI is InChI=1S/C15H15ClN4O2S2/c1-9(21)20(10-6-7-10)14-18-19-15(24-14)23-8-13(22)17-12-5-3-2-4-11(12)16/h2-5,10H,6-8H2,1H3,(H,17,22). The second-order valence-corrected chi connectivity index (χ2v) is 7.87. The zero-order valence-corrected chi connectivity index (χ0v) is 15.2. The Morgan fingerprint density at radius 2 is 2.12 bits per heavy atom. The zero-order valence-electron chi connectivity index (χ0n) is 12.9. The first-order valence-electron chi connectivity index (χ1n) is 7.35. The van der Waals surface area contributed by atoms with E-state index in [0.717, 1.165) is 12.8 Å². The fraction of sp³-hybridized carbons (Fsp3) is 0.333. The number of carbonyl (C=O) groups excluding carboxylic acids is 2. The molecule has 9 heteroatoms. The van der Waals surface area contributed by atoms with Crippen LogP contribution in [0.15, 0.2) is 28.6 Å². The van der Waals surface area contributed by atoms with E-state index in [4.69, 9.17) is 11.6 Å². The lowest BCUT2D eigenvalue weighted by Crippen LogP contribution is -2.30. The fourth-order valence-electron chi connectivity index (χ4n) is 2.12. The van der Waals surface area contributed by atoms with Crippen LogP contribution in [0.5, 0.6) is 0 Å². The second kappa shape index (κ2) is 7.50. The van der Waals surface area contributed by atoms with E-state index in [9.17, 15) is 9.59 Å². The SMILES string of the molecule is CC(=O)N(c1nnc(SCC(=O)Nc2ccccc2Cl)s1)C1CC1. The Balaban J connectivity index is 1.56. The third-order valence-corrected chi connectivity index (χ3v) is 5.71. The van der Waals surface area contributed by atoms with Gasteiger partial charge in [0.25, 0.3) is 0 Å². The molecule has 0 unspecified atom stereocenters. The summed E-state index contributed by atoms with van der Waals surface area (Å²) in [7, 11) is 0. The van der Waals surface area contributed by atoms with Crippen molar-refractivity contribution < 1.29 is 9.59 Å². The first-order chi connectivity index (χ1) is 11.5. The van der Waals surface area contributed by atoms with E-state index < -0.39 is 0 Å². The summed E-state index contributed by atoms with van der Waals surface area (Å²) >= 11 is 8.63. The Labute approximate surface area is 152 Å². The van der Waals surface area contributed by atoms with Crippen molar-refractivity contribution >= 4 is 57.3 Å². The first kappa shape index (κ1) is 17.2. The van der Waals surface area contributed by atoms with Gasteiger partial charge in [-0.1, -0.05) is 46.8 Å². The van der Waals surface area contributed by atoms with Gasteiger partial charge in [0.2, 0.25) is 16.9 Å². The van der Waals surface area contributed by atoms with Gasteiger partial charge in [-0.25, -0.2) is 0 Å². The van der Waals surface area contributed by atoms with Crippen LogP contribution in [0, 0.1) is 0 Å². The molecule has 1 fully saturated rings. The molecular formula is C15H15ClN4O2S2. The molecule has 2 aromatic rings. The molecule has 0 atom stereocenters. The van der Waals surface area contributed by atoms with Gasteiger partial charge in [-0.05, 0) is 25.0 Å². The molecule has 1 heterocycles. The summed E-state index contributed by atoms with van der Waals surface area (Å²) in [5.41, 5.74) is 0.583. The Kier molecular flexibility index (Phi) is 5.37. The van der Waals surface area contributed by atoms with E-state index in [2.05, 4.69) is 15.5 Å². The molecule has 0 saturated heterocycles. The molecule has 3 rings (SSSR count). The summed E-state index contributed by atoms with van der Waals surface area (Å²) in [6.45, 7) is 1.53. The minimum atomic E-state index is -0.171. The van der Waals surface area contributed by atoms with Gasteiger partial charge in [0.05, 0.1) is 16.5 Å². The van der Waals surface area contributed by atoms with Crippen LogP contribution in [0.2, 0.25) is 5.02 Å². The first-order valence-corrected chi connectivity index (χ1v) is 9.53. The minimum Gasteiger partial charge on any atom is -0.324 e. The number of thioether (sulfide) groups is 1. The normalized spacial score (nSPS) is 13.6. The number of benzene rings is 1. The van der Waals surface area contributed by atoms with Gasteiger partial charge in [-0.2, -0.15) is 0 Å². The van der Waals surface area contributed by atoms with Gasteiger partial charge in [-0.3, -0.25) is 14.5 Å². The van der Waals surface area contributed by atoms with Crippen LogP contribution in [0.1, 0.15) is 19.8 Å². The number of aromatic nitrogens is 2. The number of carbonyl (C=O) groups is 2. The number of hydrogen-bond acceptors (Lipinski definition) is 6. The molecule has 0 radical (unpaired) electrons. The highest BCUT2D eigenvalue weighted by atomic mass is 35.5. The number of halogens is 1. The molecular weight excluding hydrogens is 368 g/mol. The van der Waals surface area contributed by atoms with Crippen LogP contribution >= 0.6 is 34.7 Å². The molecule has 24 heavy (non-hydrogen) atoms. The Bertz CT molecular complexity index is 763. The summed E-state index contributed by atoms with van der Waals surface area (Å²) in [6.07, 6.45) is 2.00. The quantitative estimate of drug-likeness (QED) is 0.611. The van der Waals surface area contributed by atoms with Crippen molar-refractivity contribution in [3.05, 3.63) is 29.3 Å². The van der Waals surface area contributed by atoms with Crippen LogP contribution in [-0.2, 0) is 9.59 Å². The number of hydrogen-bond donors (Lipinski definition) is 1. The van der Waals surface area contributed by atoms with E-state index in [1.54, 1.807) is 29.2 Å². The van der Waals surface area contributed by atoms with Crippen molar-refractivity contribution in [3.8, 4) is 0 Å². The van der Waals surface area contributed by atoms with Crippen molar-refractivity contribution in [2.45, 2.75) is 30.1 Å². The highest BCUT2D eigenvalue weighted by Crippen LogP contribution is 2.35. The molecule has 1 N–H and O–H groups in total. The lowest BCUT2D eigenvalue weighted by Gasteiger charge is -2.15. The number of amides is 2. The van der Waals surface area contributed by atoms with Gasteiger partial charge in [0.1, 0.15) is 0 Å². The van der Waals surface area contributed by atoms with Crippen molar-refractivity contribution in [3.63, 3.8) is 0 Å². The number of anilines is 2. The predicted octanol–water partition coefficient (Wildman–Crippen LogP) is 3.44. The van der Waals surface area contributed by atoms with Gasteiger partial charge in [0.15, 0.2) is 4.34 Å². The van der Waals surface area contributed by atoms with E-state index in [1.807, 2.05) is 0 Å². The number of rotatable bonds is 6. The smallest absolute Gasteiger partial charge is 0.234 e. The number of para-hydroxylation sites is 1. The van der Waals surface area contributed by atoms with E-state index in [1.165, 1.54) is 30.0 Å². The number of nitrogens with one attached hydrogen (secondary N) is 1. The molecule has 1 aromatic carbocycles. The minimum absolute atomic E-state index is 0.0262. The summed E-state index contributed by atoms with van der Waals surface area (Å²) in [5, 5.41) is 12.0. The van der Waals surface area contributed by atoms with Crippen LogP contribution < -0.4 is 10.2 Å². The topological polar surface area (TPSA) is 75.2 Å². The predicted molar refractivity (Wildman–Crippen MR) is 96.9 cm³/mol. The lowest BCUT2D eigenvalue weighted by molar-refractivity contribution is -0.116. The lowest BCUT2D eigenvalue weighted by atomic mass is 10.3. The second-order valence-electron chi connectivity index (χ2n) is 5.29. The highest BCUT2D eigenvalue weighted by Gasteiger charge is 2.34. The molecule has 1 aromatic heterocycles. The Morgan fingerprint density at radius 1 is 1.38 bits per heavy atom. The summed E-state index contributed by atoms with van der Waals surface area (Å²) in [4.78, 5) is 25.4. The van der Waals surface area contributed by atoms with E-state index in [-0.39, 0.29) is 23.6 Å². The molecule has 2 amide bonds. The monoisotopic (exact) mass is 382 g/mol. The molecule has 1 saturated carbocycles. The Morgan fingerprint density at radius 3 is 2.79 bits per heavy atom. The fourth-order valence-corrected chi connectivity index (χ4v) is 4.05. The summed E-state index contributed by atoms with van der Waals surface area (Å²) in [6, 6.07) is 7.32. The van der Waals surface area contributed by atoms with Crippen LogP contribution in [0.4, 0.5) is 10.8 Å². The molecule has 0 aliphatic heterocycles. The molecule has 6 nitrogen and oxygen atoms in total. The van der Waals surface area contributed by atoms with Crippen molar-refractivity contribution in [1.29, 1.82) is 0 Å². The Hall–Kier alpha value is -1.64. The molecule has 1 aliphatic carbocycles. The van der Waals surface area contributed by atoms with Gasteiger partial charge in [-0.15, -0.1) is 10.2 Å². The summed E-state index contributed by atoms with van der Waals surface area (Å²) in [5.74, 6) is 0.000672. The molecule has 0 bridgehead atoms. The van der Waals surface area contributed by atoms with Crippen molar-refractivity contribution in [1.82, 2.24) is 10.2 Å². The van der Waals surface area contributed by atoms with Crippen LogP contribution in [0.3, 0.4) is 0 Å². The zero-order chi connectivity index (χ0) is 17.1. The van der Waals surface area contributed by atoms with E-state index in [0.29, 0.717) is 20.2 Å². The van der Waals surface area contributed by atoms with E-state index >= 15 is 0 Å². The average Bonchev–Trinajstić information content (AvgIpc) is 3.25. The maximum atomic E-state index is 12.0. The largest absolute Gasteiger partial charge is 0.324 e. The van der Waals surface area contributed by atoms with Crippen LogP contribution in [-0.4, -0.2) is 33.8 Å². The maximum Gasteiger partial charge on any atom is 0.234 e. The third-order valence-electron chi connectivity index (χ3n) is 3.33. The average molecular weight is 383 g/mol. The van der Waals surface area contributed by atoms with Gasteiger partial charge < -0.3 is 5.32 Å². The molecule has 0 spiro atoms. The molecule has 126 valence electrons. The van der Waals surface area contributed by atoms with Gasteiger partial charge >= 0.3 is 0 Å². The highest BCUT2D eigenvalue weighted by molar-refractivity contribution is 8.01. The molecule has 1 aliphatic rings. The maximum absolute atomic E-state index is 12.0. The van der Waals surface area contributed by atoms with Gasteiger partial charge in [0, 0.05) is 13.0 Å². The summed E-state index contributed by atoms with van der Waals surface area (Å²) < 4.78 is 0.659. The van der Waals surface area contributed by atoms with Crippen molar-refractivity contribution in [2.75, 3.05) is 16.0 Å². The third kappa shape index (κ3) is 4.25.